The van der Waals surface area contributed by atoms with E-state index in [4.69, 9.17) is 4.74 Å². The van der Waals surface area contributed by atoms with Crippen molar-refractivity contribution in [3.8, 4) is 0 Å². The minimum Gasteiger partial charge on any atom is -0.467 e. The maximum Gasteiger partial charge on any atom is 0.332 e. The Labute approximate surface area is 207 Å². The number of hydrogen-bond donors (Lipinski definition) is 0. The Morgan fingerprint density at radius 2 is 1.57 bits per heavy atom. The molecule has 8 heteroatoms. The zero-order valence-corrected chi connectivity index (χ0v) is 20.6. The molecule has 2 aliphatic rings. The van der Waals surface area contributed by atoms with Gasteiger partial charge in [-0.15, -0.1) is 0 Å². The summed E-state index contributed by atoms with van der Waals surface area (Å²) in [6, 6.07) is 19.1. The van der Waals surface area contributed by atoms with Crippen LogP contribution in [0.25, 0.3) is 0 Å². The van der Waals surface area contributed by atoms with Crippen LogP contribution >= 0.6 is 0 Å². The monoisotopic (exact) mass is 478 g/mol. The third-order valence-electron chi connectivity index (χ3n) is 7.02. The van der Waals surface area contributed by atoms with Gasteiger partial charge in [0.1, 0.15) is 5.54 Å². The minimum atomic E-state index is -1.03. The van der Waals surface area contributed by atoms with Gasteiger partial charge in [0.2, 0.25) is 11.8 Å². The Bertz CT molecular complexity index is 1020. The average molecular weight is 479 g/mol. The number of benzene rings is 2. The van der Waals surface area contributed by atoms with E-state index in [0.717, 1.165) is 12.2 Å². The van der Waals surface area contributed by atoms with E-state index < -0.39 is 5.54 Å². The molecule has 0 unspecified atom stereocenters. The number of ether oxygens (including phenoxy) is 1. The molecule has 0 spiro atoms. The highest BCUT2D eigenvalue weighted by molar-refractivity contribution is 6.02. The molecule has 2 heterocycles. The average Bonchev–Trinajstić information content (AvgIpc) is 3.28. The fourth-order valence-corrected chi connectivity index (χ4v) is 5.15. The van der Waals surface area contributed by atoms with Crippen LogP contribution in [0.15, 0.2) is 60.7 Å². The molecule has 4 rings (SSSR count). The Balaban J connectivity index is 1.46. The Kier molecular flexibility index (Phi) is 7.83. The number of rotatable bonds is 8. The lowest BCUT2D eigenvalue weighted by Gasteiger charge is -2.46. The molecule has 0 aliphatic carbocycles. The van der Waals surface area contributed by atoms with Gasteiger partial charge in [-0.3, -0.25) is 14.5 Å². The van der Waals surface area contributed by atoms with Crippen molar-refractivity contribution in [2.75, 3.05) is 49.7 Å². The van der Waals surface area contributed by atoms with Crippen LogP contribution in [0.5, 0.6) is 0 Å². The molecule has 2 aromatic carbocycles. The van der Waals surface area contributed by atoms with Crippen molar-refractivity contribution in [3.05, 3.63) is 60.7 Å². The van der Waals surface area contributed by atoms with Gasteiger partial charge < -0.3 is 9.64 Å². The summed E-state index contributed by atoms with van der Waals surface area (Å²) in [5.41, 5.74) is 0.571. The second-order valence-electron chi connectivity index (χ2n) is 9.03. The number of hydrazine groups is 1. The van der Waals surface area contributed by atoms with Crippen LogP contribution in [-0.2, 0) is 19.1 Å². The Morgan fingerprint density at radius 1 is 0.943 bits per heavy atom. The quantitative estimate of drug-likeness (QED) is 0.543. The predicted molar refractivity (Wildman–Crippen MR) is 135 cm³/mol. The highest BCUT2D eigenvalue weighted by Crippen LogP contribution is 2.35. The summed E-state index contributed by atoms with van der Waals surface area (Å²) in [5, 5.41) is 3.87. The largest absolute Gasteiger partial charge is 0.467 e. The molecule has 0 bridgehead atoms. The van der Waals surface area contributed by atoms with Crippen LogP contribution in [0.4, 0.5) is 11.4 Å². The number of carbonyl (C=O) groups is 3. The highest BCUT2D eigenvalue weighted by Gasteiger charge is 2.49. The summed E-state index contributed by atoms with van der Waals surface area (Å²) < 4.78 is 5.24. The molecular weight excluding hydrogens is 444 g/mol. The maximum atomic E-state index is 13.1. The van der Waals surface area contributed by atoms with Crippen molar-refractivity contribution >= 4 is 29.2 Å². The number of hydrogen-bond acceptors (Lipinski definition) is 6. The van der Waals surface area contributed by atoms with Crippen LogP contribution in [0.2, 0.25) is 0 Å². The molecule has 2 saturated heterocycles. The standard InChI is InChI=1S/C27H34N4O4/c1-3-24(32)30(22-10-6-4-7-11-22)27(26(34)35-2)15-18-28(19-16-27)20-21-29-17-14-25(33)31(29)23-12-8-5-9-13-23/h4-13H,3,14-21H2,1-2H3. The fourth-order valence-electron chi connectivity index (χ4n) is 5.15. The topological polar surface area (TPSA) is 73.4 Å². The summed E-state index contributed by atoms with van der Waals surface area (Å²) in [4.78, 5) is 42.7. The van der Waals surface area contributed by atoms with E-state index in [0.29, 0.717) is 57.5 Å². The molecule has 186 valence electrons. The van der Waals surface area contributed by atoms with Gasteiger partial charge in [-0.05, 0) is 37.1 Å². The number of methoxy groups -OCH3 is 1. The smallest absolute Gasteiger partial charge is 0.332 e. The zero-order valence-electron chi connectivity index (χ0n) is 20.6. The first-order valence-electron chi connectivity index (χ1n) is 12.3. The molecule has 2 amide bonds. The number of piperidine rings is 1. The van der Waals surface area contributed by atoms with Crippen LogP contribution in [-0.4, -0.2) is 73.1 Å². The first-order chi connectivity index (χ1) is 17.0. The molecule has 0 atom stereocenters. The normalized spacial score (nSPS) is 18.5. The molecule has 0 saturated carbocycles. The lowest BCUT2D eigenvalue weighted by Crippen LogP contribution is -2.63. The fraction of sp³-hybridized carbons (Fsp3) is 0.444. The van der Waals surface area contributed by atoms with Crippen molar-refractivity contribution in [2.24, 2.45) is 0 Å². The summed E-state index contributed by atoms with van der Waals surface area (Å²) in [7, 11) is 1.39. The Hall–Kier alpha value is -3.23. The van der Waals surface area contributed by atoms with E-state index in [2.05, 4.69) is 9.91 Å². The first kappa shape index (κ1) is 24.9. The number of carbonyl (C=O) groups excluding carboxylic acids is 3. The highest BCUT2D eigenvalue weighted by atomic mass is 16.5. The summed E-state index contributed by atoms with van der Waals surface area (Å²) in [5.74, 6) is -0.358. The van der Waals surface area contributed by atoms with Gasteiger partial charge in [-0.2, -0.15) is 0 Å². The van der Waals surface area contributed by atoms with E-state index >= 15 is 0 Å². The van der Waals surface area contributed by atoms with Crippen molar-refractivity contribution in [1.82, 2.24) is 9.91 Å². The van der Waals surface area contributed by atoms with Gasteiger partial charge in [0.05, 0.1) is 12.8 Å². The van der Waals surface area contributed by atoms with Crippen molar-refractivity contribution in [2.45, 2.75) is 38.1 Å². The summed E-state index contributed by atoms with van der Waals surface area (Å²) >= 11 is 0. The number of likely N-dealkylation sites (tertiary alicyclic amines) is 1. The lowest BCUT2D eigenvalue weighted by atomic mass is 9.84. The lowest BCUT2D eigenvalue weighted by molar-refractivity contribution is -0.151. The van der Waals surface area contributed by atoms with E-state index in [1.54, 1.807) is 9.91 Å². The molecule has 2 fully saturated rings. The van der Waals surface area contributed by atoms with Crippen LogP contribution < -0.4 is 9.91 Å². The van der Waals surface area contributed by atoms with Crippen LogP contribution in [0, 0.1) is 0 Å². The van der Waals surface area contributed by atoms with E-state index in [1.165, 1.54) is 7.11 Å². The van der Waals surface area contributed by atoms with Crippen LogP contribution in [0.1, 0.15) is 32.6 Å². The summed E-state index contributed by atoms with van der Waals surface area (Å²) in [6.07, 6.45) is 1.78. The molecule has 2 aliphatic heterocycles. The van der Waals surface area contributed by atoms with Gasteiger partial charge >= 0.3 is 5.97 Å². The number of anilines is 2. The maximum absolute atomic E-state index is 13.1. The molecular formula is C27H34N4O4. The number of amides is 2. The van der Waals surface area contributed by atoms with Crippen molar-refractivity contribution in [3.63, 3.8) is 0 Å². The predicted octanol–water partition coefficient (Wildman–Crippen LogP) is 3.09. The van der Waals surface area contributed by atoms with E-state index in [9.17, 15) is 14.4 Å². The van der Waals surface area contributed by atoms with Gasteiger partial charge in [0.15, 0.2) is 0 Å². The van der Waals surface area contributed by atoms with Gasteiger partial charge in [0.25, 0.3) is 0 Å². The minimum absolute atomic E-state index is 0.0934. The second-order valence-corrected chi connectivity index (χ2v) is 9.03. The molecule has 8 nitrogen and oxygen atoms in total. The van der Waals surface area contributed by atoms with Gasteiger partial charge in [0, 0.05) is 51.3 Å². The third kappa shape index (κ3) is 5.09. The van der Waals surface area contributed by atoms with Crippen molar-refractivity contribution < 1.29 is 19.1 Å². The van der Waals surface area contributed by atoms with E-state index in [1.807, 2.05) is 67.6 Å². The van der Waals surface area contributed by atoms with E-state index in [-0.39, 0.29) is 17.8 Å². The molecule has 0 aromatic heterocycles. The first-order valence-corrected chi connectivity index (χ1v) is 12.3. The number of esters is 1. The molecule has 35 heavy (non-hydrogen) atoms. The Morgan fingerprint density at radius 3 is 2.17 bits per heavy atom. The number of nitrogens with zero attached hydrogens (tertiary/aromatic N) is 4. The third-order valence-corrected chi connectivity index (χ3v) is 7.02. The SMILES string of the molecule is CCC(=O)N(c1ccccc1)C1(C(=O)OC)CCN(CCN2CCC(=O)N2c2ccccc2)CC1. The molecule has 0 radical (unpaired) electrons. The summed E-state index contributed by atoms with van der Waals surface area (Å²) in [6.45, 7) is 5.29. The van der Waals surface area contributed by atoms with Crippen molar-refractivity contribution in [1.29, 1.82) is 0 Å². The zero-order chi connectivity index (χ0) is 24.8. The number of para-hydroxylation sites is 2. The van der Waals surface area contributed by atoms with Gasteiger partial charge in [-0.1, -0.05) is 43.3 Å². The molecule has 2 aromatic rings. The molecule has 0 N–H and O–H groups in total. The second kappa shape index (κ2) is 11.0. The van der Waals surface area contributed by atoms with Crippen LogP contribution in [0.3, 0.4) is 0 Å². The van der Waals surface area contributed by atoms with Gasteiger partial charge in [-0.25, -0.2) is 14.8 Å².